The first-order chi connectivity index (χ1) is 10.9. The lowest BCUT2D eigenvalue weighted by Crippen LogP contribution is -2.54. The van der Waals surface area contributed by atoms with E-state index in [1.807, 2.05) is 0 Å². The molecular weight excluding hydrogens is 292 g/mol. The van der Waals surface area contributed by atoms with Crippen molar-refractivity contribution in [1.29, 1.82) is 0 Å². The molecule has 0 radical (unpaired) electrons. The zero-order chi connectivity index (χ0) is 16.4. The van der Waals surface area contributed by atoms with E-state index in [1.54, 1.807) is 0 Å². The van der Waals surface area contributed by atoms with Crippen molar-refractivity contribution in [3.8, 4) is 0 Å². The fraction of sp³-hybridized carbons (Fsp3) is 0.789. The van der Waals surface area contributed by atoms with Crippen LogP contribution >= 0.6 is 0 Å². The lowest BCUT2D eigenvalue weighted by molar-refractivity contribution is -0.285. The summed E-state index contributed by atoms with van der Waals surface area (Å²) in [6, 6.07) is 0. The minimum atomic E-state index is -0.313. The average Bonchev–Trinajstić information content (AvgIpc) is 2.75. The second-order valence-corrected chi connectivity index (χ2v) is 8.70. The van der Waals surface area contributed by atoms with E-state index >= 15 is 0 Å². The summed E-state index contributed by atoms with van der Waals surface area (Å²) < 4.78 is 0. The van der Waals surface area contributed by atoms with E-state index in [9.17, 15) is 14.8 Å². The Kier molecular flexibility index (Phi) is 3.37. The molecule has 0 saturated heterocycles. The first kappa shape index (κ1) is 15.5. The van der Waals surface area contributed by atoms with Gasteiger partial charge < -0.3 is 0 Å². The normalized spacial score (nSPS) is 49.3. The van der Waals surface area contributed by atoms with Crippen LogP contribution in [0.15, 0.2) is 11.6 Å². The van der Waals surface area contributed by atoms with Gasteiger partial charge in [0.05, 0.1) is 0 Å². The number of carbonyl (C=O) groups excluding carboxylic acids is 2. The number of Topliss-reactive ketones (excluding diaryl/α,β-unsaturated/α-hetero) is 2. The minimum Gasteiger partial charge on any atom is -0.291 e. The molecule has 126 valence electrons. The zero-order valence-corrected chi connectivity index (χ0v) is 14.0. The minimum absolute atomic E-state index is 0.00180. The van der Waals surface area contributed by atoms with Gasteiger partial charge in [0, 0.05) is 12.3 Å². The van der Waals surface area contributed by atoms with E-state index < -0.39 is 0 Å². The molecule has 3 saturated carbocycles. The molecule has 0 bridgehead atoms. The van der Waals surface area contributed by atoms with Gasteiger partial charge in [-0.25, -0.2) is 4.89 Å². The van der Waals surface area contributed by atoms with Crippen molar-refractivity contribution in [2.75, 3.05) is 0 Å². The molecule has 0 aromatic heterocycles. The van der Waals surface area contributed by atoms with Crippen molar-refractivity contribution in [2.45, 2.75) is 64.9 Å². The van der Waals surface area contributed by atoms with Gasteiger partial charge in [-0.1, -0.05) is 19.9 Å². The van der Waals surface area contributed by atoms with Crippen molar-refractivity contribution in [3.63, 3.8) is 0 Å². The van der Waals surface area contributed by atoms with Crippen molar-refractivity contribution >= 4 is 11.6 Å². The Hall–Kier alpha value is -1.00. The zero-order valence-electron chi connectivity index (χ0n) is 14.0. The molecule has 0 amide bonds. The summed E-state index contributed by atoms with van der Waals surface area (Å²) in [5.74, 6) is 0.0608. The van der Waals surface area contributed by atoms with Crippen LogP contribution in [0.5, 0.6) is 0 Å². The molecule has 0 spiro atoms. The highest BCUT2D eigenvalue weighted by atomic mass is 17.1. The maximum Gasteiger partial charge on any atom is 0.202 e. The topological polar surface area (TPSA) is 63.6 Å². The summed E-state index contributed by atoms with van der Waals surface area (Å²) in [6.45, 7) is 4.39. The molecule has 4 heteroatoms. The molecule has 0 heterocycles. The van der Waals surface area contributed by atoms with Crippen LogP contribution in [0.1, 0.15) is 58.8 Å². The highest BCUT2D eigenvalue weighted by Gasteiger charge is 2.62. The van der Waals surface area contributed by atoms with Gasteiger partial charge in [0.15, 0.2) is 5.78 Å². The van der Waals surface area contributed by atoms with Crippen LogP contribution in [0.3, 0.4) is 0 Å². The molecule has 0 aromatic rings. The van der Waals surface area contributed by atoms with Crippen molar-refractivity contribution in [2.24, 2.45) is 28.6 Å². The summed E-state index contributed by atoms with van der Waals surface area (Å²) in [7, 11) is 0. The number of hydrogen-bond donors (Lipinski definition) is 1. The van der Waals surface area contributed by atoms with Crippen LogP contribution in [-0.4, -0.2) is 22.9 Å². The van der Waals surface area contributed by atoms with Gasteiger partial charge in [-0.05, 0) is 66.8 Å². The van der Waals surface area contributed by atoms with E-state index in [2.05, 4.69) is 19.9 Å². The summed E-state index contributed by atoms with van der Waals surface area (Å²) in [4.78, 5) is 29.5. The lowest BCUT2D eigenvalue weighted by Gasteiger charge is -2.57. The number of rotatable bonds is 1. The van der Waals surface area contributed by atoms with Crippen LogP contribution in [0.4, 0.5) is 0 Å². The smallest absolute Gasteiger partial charge is 0.202 e. The van der Waals surface area contributed by atoms with Crippen molar-refractivity contribution in [1.82, 2.24) is 0 Å². The van der Waals surface area contributed by atoms with E-state index in [0.717, 1.165) is 32.1 Å². The third kappa shape index (κ3) is 1.97. The first-order valence-corrected chi connectivity index (χ1v) is 8.98. The predicted molar refractivity (Wildman–Crippen MR) is 84.6 cm³/mol. The van der Waals surface area contributed by atoms with E-state index in [-0.39, 0.29) is 40.3 Å². The monoisotopic (exact) mass is 318 g/mol. The van der Waals surface area contributed by atoms with Gasteiger partial charge in [-0.15, -0.1) is 0 Å². The van der Waals surface area contributed by atoms with E-state index in [4.69, 9.17) is 4.89 Å². The van der Waals surface area contributed by atoms with Crippen LogP contribution in [-0.2, 0) is 14.5 Å². The maximum atomic E-state index is 12.6. The van der Waals surface area contributed by atoms with Gasteiger partial charge in [0.25, 0.3) is 0 Å². The SMILES string of the molecule is C[C@]12CC[C@H]3[C@@H](CC(OO)C4=CCCC[C@@]43C)[C@@H]1C(=O)C(=O)C2. The predicted octanol–water partition coefficient (Wildman–Crippen LogP) is 3.56. The number of hydrogen-bond acceptors (Lipinski definition) is 4. The second kappa shape index (κ2) is 5.00. The molecule has 0 aromatic carbocycles. The molecular formula is C19H26O4. The van der Waals surface area contributed by atoms with E-state index in [1.165, 1.54) is 5.57 Å². The van der Waals surface area contributed by atoms with Crippen LogP contribution in [0.25, 0.3) is 0 Å². The van der Waals surface area contributed by atoms with Crippen LogP contribution in [0, 0.1) is 28.6 Å². The van der Waals surface area contributed by atoms with Gasteiger partial charge in [-0.3, -0.25) is 14.8 Å². The molecule has 4 nitrogen and oxygen atoms in total. The molecule has 1 unspecified atom stereocenters. The van der Waals surface area contributed by atoms with Gasteiger partial charge in [0.1, 0.15) is 6.10 Å². The third-order valence-corrected chi connectivity index (χ3v) is 7.55. The molecule has 4 aliphatic rings. The summed E-state index contributed by atoms with van der Waals surface area (Å²) in [5, 5.41) is 9.46. The lowest BCUT2D eigenvalue weighted by atomic mass is 9.47. The Labute approximate surface area is 137 Å². The standard InChI is InChI=1S/C19H26O4/c1-18-8-6-12-11(16(18)17(21)14(20)10-18)9-15(23-22)13-5-3-4-7-19(12,13)2/h5,11-12,15-16,22H,3-4,6-10H2,1-2H3/t11-,12+,15?,16-,18-,19-/m1/s1. The summed E-state index contributed by atoms with van der Waals surface area (Å²) in [6.07, 6.45) is 8.32. The highest BCUT2D eigenvalue weighted by molar-refractivity contribution is 6.40. The first-order valence-electron chi connectivity index (χ1n) is 8.98. The number of carbonyl (C=O) groups is 2. The van der Waals surface area contributed by atoms with Gasteiger partial charge >= 0.3 is 0 Å². The quantitative estimate of drug-likeness (QED) is 0.347. The largest absolute Gasteiger partial charge is 0.291 e. The molecule has 6 atom stereocenters. The van der Waals surface area contributed by atoms with Crippen molar-refractivity contribution in [3.05, 3.63) is 11.6 Å². The average molecular weight is 318 g/mol. The highest BCUT2D eigenvalue weighted by Crippen LogP contribution is 2.64. The van der Waals surface area contributed by atoms with E-state index in [0.29, 0.717) is 18.8 Å². The summed E-state index contributed by atoms with van der Waals surface area (Å²) >= 11 is 0. The molecule has 4 rings (SSSR count). The molecule has 3 fully saturated rings. The maximum absolute atomic E-state index is 12.6. The molecule has 23 heavy (non-hydrogen) atoms. The van der Waals surface area contributed by atoms with Crippen LogP contribution in [0.2, 0.25) is 0 Å². The fourth-order valence-electron chi connectivity index (χ4n) is 6.51. The number of ketones is 2. The van der Waals surface area contributed by atoms with Crippen LogP contribution < -0.4 is 0 Å². The summed E-state index contributed by atoms with van der Waals surface area (Å²) in [5.41, 5.74) is 1.05. The number of fused-ring (bicyclic) bond motifs is 5. The Morgan fingerprint density at radius 1 is 1.26 bits per heavy atom. The van der Waals surface area contributed by atoms with Crippen molar-refractivity contribution < 1.29 is 19.7 Å². The molecule has 4 aliphatic carbocycles. The Morgan fingerprint density at radius 2 is 2.04 bits per heavy atom. The van der Waals surface area contributed by atoms with Gasteiger partial charge in [-0.2, -0.15) is 0 Å². The Balaban J connectivity index is 1.77. The fourth-order valence-corrected chi connectivity index (χ4v) is 6.51. The Morgan fingerprint density at radius 3 is 2.78 bits per heavy atom. The second-order valence-electron chi connectivity index (χ2n) is 8.70. The Bertz CT molecular complexity index is 594. The molecule has 0 aliphatic heterocycles. The van der Waals surface area contributed by atoms with Gasteiger partial charge in [0.2, 0.25) is 5.78 Å². The third-order valence-electron chi connectivity index (χ3n) is 7.55. The molecule has 1 N–H and O–H groups in total. The number of allylic oxidation sites excluding steroid dienone is 1.